The molecule has 1 saturated carbocycles. The molecule has 1 aliphatic carbocycles. The van der Waals surface area contributed by atoms with Gasteiger partial charge in [-0.05, 0) is 44.1 Å². The Labute approximate surface area is 132 Å². The van der Waals surface area contributed by atoms with Crippen LogP contribution in [0.1, 0.15) is 25.0 Å². The summed E-state index contributed by atoms with van der Waals surface area (Å²) in [5.41, 5.74) is 1.74. The molecular weight excluding hydrogens is 294 g/mol. The fourth-order valence-electron chi connectivity index (χ4n) is 3.45. The second-order valence-corrected chi connectivity index (χ2v) is 6.52. The molecule has 1 atom stereocenters. The summed E-state index contributed by atoms with van der Waals surface area (Å²) >= 11 is 0. The van der Waals surface area contributed by atoms with Crippen molar-refractivity contribution in [2.45, 2.75) is 26.2 Å². The van der Waals surface area contributed by atoms with Gasteiger partial charge in [-0.1, -0.05) is 0 Å². The second-order valence-electron chi connectivity index (χ2n) is 6.52. The van der Waals surface area contributed by atoms with E-state index in [9.17, 15) is 9.59 Å². The Balaban J connectivity index is 1.68. The van der Waals surface area contributed by atoms with Gasteiger partial charge in [0.2, 0.25) is 0 Å². The average Bonchev–Trinajstić information content (AvgIpc) is 3.26. The molecule has 7 heteroatoms. The predicted molar refractivity (Wildman–Crippen MR) is 86.5 cm³/mol. The van der Waals surface area contributed by atoms with Crippen LogP contribution in [0.4, 0.5) is 5.69 Å². The molecule has 7 nitrogen and oxygen atoms in total. The summed E-state index contributed by atoms with van der Waals surface area (Å²) in [7, 11) is 0. The lowest BCUT2D eigenvalue weighted by atomic mass is 10.0. The van der Waals surface area contributed by atoms with Crippen LogP contribution in [-0.2, 0) is 0 Å². The third-order valence-electron chi connectivity index (χ3n) is 4.90. The topological polar surface area (TPSA) is 94.7 Å². The molecule has 0 bridgehead atoms. The van der Waals surface area contributed by atoms with Crippen molar-refractivity contribution < 1.29 is 0 Å². The summed E-state index contributed by atoms with van der Waals surface area (Å²) < 4.78 is 0. The van der Waals surface area contributed by atoms with Crippen molar-refractivity contribution in [2.24, 2.45) is 11.8 Å². The van der Waals surface area contributed by atoms with Crippen molar-refractivity contribution in [3.05, 3.63) is 38.8 Å². The molecule has 1 unspecified atom stereocenters. The first-order valence-electron chi connectivity index (χ1n) is 8.03. The molecule has 2 fully saturated rings. The highest BCUT2D eigenvalue weighted by atomic mass is 16.2. The van der Waals surface area contributed by atoms with Crippen LogP contribution in [0.5, 0.6) is 0 Å². The van der Waals surface area contributed by atoms with Gasteiger partial charge < -0.3 is 9.88 Å². The number of nitrogens with one attached hydrogen (secondary N) is 2. The summed E-state index contributed by atoms with van der Waals surface area (Å²) in [4.78, 5) is 30.2. The monoisotopic (exact) mass is 313 g/mol. The van der Waals surface area contributed by atoms with Crippen LogP contribution >= 0.6 is 0 Å². The minimum Gasteiger partial charge on any atom is -0.370 e. The zero-order valence-corrected chi connectivity index (χ0v) is 13.0. The zero-order valence-electron chi connectivity index (χ0n) is 13.0. The van der Waals surface area contributed by atoms with Gasteiger partial charge in [-0.2, -0.15) is 5.10 Å². The minimum atomic E-state index is -0.522. The second kappa shape index (κ2) is 5.33. The average molecular weight is 313 g/mol. The molecule has 120 valence electrons. The van der Waals surface area contributed by atoms with Gasteiger partial charge in [0.25, 0.3) is 5.56 Å². The molecule has 0 aromatic carbocycles. The molecule has 2 aromatic heterocycles. The zero-order chi connectivity index (χ0) is 16.0. The number of hydrogen-bond donors (Lipinski definition) is 2. The molecule has 23 heavy (non-hydrogen) atoms. The summed E-state index contributed by atoms with van der Waals surface area (Å²) in [5.74, 6) is 1.68. The molecule has 2 aliphatic rings. The lowest BCUT2D eigenvalue weighted by Crippen LogP contribution is -2.24. The number of nitrogens with zero attached hydrogens (tertiary/aromatic N) is 3. The van der Waals surface area contributed by atoms with Gasteiger partial charge in [-0.3, -0.25) is 9.78 Å². The fourth-order valence-corrected chi connectivity index (χ4v) is 3.45. The van der Waals surface area contributed by atoms with Gasteiger partial charge in [-0.25, -0.2) is 4.79 Å². The molecule has 0 radical (unpaired) electrons. The van der Waals surface area contributed by atoms with E-state index in [4.69, 9.17) is 0 Å². The normalized spacial score (nSPS) is 20.9. The van der Waals surface area contributed by atoms with Crippen LogP contribution in [0.2, 0.25) is 0 Å². The Morgan fingerprint density at radius 2 is 2.00 bits per heavy atom. The van der Waals surface area contributed by atoms with E-state index in [2.05, 4.69) is 25.1 Å². The number of rotatable bonds is 3. The Bertz CT molecular complexity index is 852. The standard InChI is InChI=1S/C16H19N5O2/c1-9-14(21-5-4-11(8-21)10-2-3-10)6-13(20-19-9)12-7-17-16(23)18-15(12)22/h6-7,10-11H,2-5,8H2,1H3,(H2,17,18,22,23). The first kappa shape index (κ1) is 14.2. The highest BCUT2D eigenvalue weighted by Gasteiger charge is 2.36. The molecule has 3 heterocycles. The minimum absolute atomic E-state index is 0.330. The molecule has 1 aliphatic heterocycles. The van der Waals surface area contributed by atoms with Gasteiger partial charge in [0, 0.05) is 19.3 Å². The molecule has 1 saturated heterocycles. The van der Waals surface area contributed by atoms with Gasteiger partial charge >= 0.3 is 5.69 Å². The van der Waals surface area contributed by atoms with Crippen molar-refractivity contribution in [3.63, 3.8) is 0 Å². The van der Waals surface area contributed by atoms with Crippen LogP contribution in [0.3, 0.4) is 0 Å². The molecule has 2 aromatic rings. The van der Waals surface area contributed by atoms with Crippen LogP contribution in [0.25, 0.3) is 11.3 Å². The van der Waals surface area contributed by atoms with E-state index in [-0.39, 0.29) is 0 Å². The number of aryl methyl sites for hydroxylation is 1. The fraction of sp³-hybridized carbons (Fsp3) is 0.500. The maximum atomic E-state index is 12.0. The maximum absolute atomic E-state index is 12.0. The van der Waals surface area contributed by atoms with E-state index in [0.29, 0.717) is 11.3 Å². The van der Waals surface area contributed by atoms with E-state index in [0.717, 1.165) is 36.3 Å². The number of aromatic nitrogens is 4. The summed E-state index contributed by atoms with van der Waals surface area (Å²) in [6.07, 6.45) is 5.34. The lowest BCUT2D eigenvalue weighted by molar-refractivity contribution is 0.514. The van der Waals surface area contributed by atoms with E-state index >= 15 is 0 Å². The van der Waals surface area contributed by atoms with E-state index in [1.807, 2.05) is 13.0 Å². The first-order valence-corrected chi connectivity index (χ1v) is 8.03. The van der Waals surface area contributed by atoms with Crippen LogP contribution in [0, 0.1) is 18.8 Å². The van der Waals surface area contributed by atoms with E-state index in [1.165, 1.54) is 25.5 Å². The molecular formula is C16H19N5O2. The van der Waals surface area contributed by atoms with Crippen molar-refractivity contribution in [1.82, 2.24) is 20.2 Å². The largest absolute Gasteiger partial charge is 0.370 e. The summed E-state index contributed by atoms with van der Waals surface area (Å²) in [6, 6.07) is 1.90. The quantitative estimate of drug-likeness (QED) is 0.883. The van der Waals surface area contributed by atoms with Gasteiger partial charge in [0.05, 0.1) is 16.9 Å². The summed E-state index contributed by atoms with van der Waals surface area (Å²) in [5, 5.41) is 8.33. The molecule has 2 N–H and O–H groups in total. The van der Waals surface area contributed by atoms with Gasteiger partial charge in [0.1, 0.15) is 5.69 Å². The SMILES string of the molecule is Cc1nnc(-c2c[nH]c(=O)[nH]c2=O)cc1N1CCC(C2CC2)C1. The van der Waals surface area contributed by atoms with Crippen molar-refractivity contribution in [1.29, 1.82) is 0 Å². The highest BCUT2D eigenvalue weighted by molar-refractivity contribution is 5.64. The first-order chi connectivity index (χ1) is 11.1. The third-order valence-corrected chi connectivity index (χ3v) is 4.90. The maximum Gasteiger partial charge on any atom is 0.325 e. The predicted octanol–water partition coefficient (Wildman–Crippen LogP) is 1.06. The summed E-state index contributed by atoms with van der Waals surface area (Å²) in [6.45, 7) is 4.02. The van der Waals surface area contributed by atoms with Gasteiger partial charge in [-0.15, -0.1) is 5.10 Å². The molecule has 4 rings (SSSR count). The Morgan fingerprint density at radius 1 is 1.17 bits per heavy atom. The van der Waals surface area contributed by atoms with E-state index in [1.54, 1.807) is 0 Å². The molecule has 0 spiro atoms. The van der Waals surface area contributed by atoms with Crippen LogP contribution < -0.4 is 16.1 Å². The van der Waals surface area contributed by atoms with Crippen molar-refractivity contribution in [3.8, 4) is 11.3 Å². The number of hydrogen-bond acceptors (Lipinski definition) is 5. The Morgan fingerprint density at radius 3 is 2.74 bits per heavy atom. The number of aromatic amines is 2. The molecule has 0 amide bonds. The van der Waals surface area contributed by atoms with Crippen LogP contribution in [-0.4, -0.2) is 33.3 Å². The van der Waals surface area contributed by atoms with Crippen molar-refractivity contribution >= 4 is 5.69 Å². The highest BCUT2D eigenvalue weighted by Crippen LogP contribution is 2.42. The lowest BCUT2D eigenvalue weighted by Gasteiger charge is -2.20. The van der Waals surface area contributed by atoms with E-state index < -0.39 is 11.2 Å². The Kier molecular flexibility index (Phi) is 3.28. The third kappa shape index (κ3) is 2.67. The number of H-pyrrole nitrogens is 2. The number of anilines is 1. The Hall–Kier alpha value is -2.44. The van der Waals surface area contributed by atoms with Gasteiger partial charge in [0.15, 0.2) is 0 Å². The van der Waals surface area contributed by atoms with Crippen LogP contribution in [0.15, 0.2) is 21.9 Å². The van der Waals surface area contributed by atoms with Crippen molar-refractivity contribution in [2.75, 3.05) is 18.0 Å². The smallest absolute Gasteiger partial charge is 0.325 e.